The molecule has 4 rings (SSSR count). The molecule has 11 heteroatoms. The van der Waals surface area contributed by atoms with E-state index in [1.165, 1.54) is 10.8 Å². The first-order chi connectivity index (χ1) is 13.2. The standard InChI is InChI=1S/C18H16ClF4N5.ClH/c19-10-1-2-12(25-7-10)8-28-16-13(21)5-11(20)6-14(16)26-17(28)27-4-3-18(22,23)15(24)9-27;/h1-2,5-7,15H,3-4,8-9,24H2;1H/t15-;/m1./s1. The molecule has 1 fully saturated rings. The molecule has 29 heavy (non-hydrogen) atoms. The first kappa shape index (κ1) is 21.6. The Morgan fingerprint density at radius 1 is 1.24 bits per heavy atom. The van der Waals surface area contributed by atoms with Crippen LogP contribution in [0.3, 0.4) is 0 Å². The highest BCUT2D eigenvalue weighted by Crippen LogP contribution is 2.32. The Morgan fingerprint density at radius 3 is 2.66 bits per heavy atom. The van der Waals surface area contributed by atoms with E-state index in [9.17, 15) is 17.6 Å². The fourth-order valence-electron chi connectivity index (χ4n) is 3.34. The number of imidazole rings is 1. The van der Waals surface area contributed by atoms with Crippen molar-refractivity contribution >= 4 is 41.0 Å². The van der Waals surface area contributed by atoms with Gasteiger partial charge in [-0.25, -0.2) is 22.5 Å². The minimum Gasteiger partial charge on any atom is -0.340 e. The van der Waals surface area contributed by atoms with Crippen molar-refractivity contribution in [3.63, 3.8) is 0 Å². The molecular weight excluding hydrogens is 433 g/mol. The van der Waals surface area contributed by atoms with E-state index >= 15 is 0 Å². The predicted octanol–water partition coefficient (Wildman–Crippen LogP) is 4.01. The van der Waals surface area contributed by atoms with Gasteiger partial charge in [0, 0.05) is 37.8 Å². The first-order valence-electron chi connectivity index (χ1n) is 8.58. The van der Waals surface area contributed by atoms with Crippen LogP contribution in [0.15, 0.2) is 30.5 Å². The number of anilines is 1. The fraction of sp³-hybridized carbons (Fsp3) is 0.333. The van der Waals surface area contributed by atoms with E-state index < -0.39 is 30.0 Å². The van der Waals surface area contributed by atoms with Gasteiger partial charge < -0.3 is 15.2 Å². The van der Waals surface area contributed by atoms with Crippen LogP contribution < -0.4 is 10.6 Å². The van der Waals surface area contributed by atoms with Gasteiger partial charge in [-0.3, -0.25) is 4.98 Å². The van der Waals surface area contributed by atoms with Crippen LogP contribution in [0.1, 0.15) is 12.1 Å². The number of nitrogens with zero attached hydrogens (tertiary/aromatic N) is 4. The molecular formula is C18H17Cl2F4N5. The quantitative estimate of drug-likeness (QED) is 0.613. The maximum absolute atomic E-state index is 14.5. The third kappa shape index (κ3) is 4.12. The zero-order valence-electron chi connectivity index (χ0n) is 15.0. The summed E-state index contributed by atoms with van der Waals surface area (Å²) >= 11 is 5.85. The van der Waals surface area contributed by atoms with E-state index in [4.69, 9.17) is 17.3 Å². The molecule has 1 atom stereocenters. The third-order valence-electron chi connectivity index (χ3n) is 4.81. The Morgan fingerprint density at radius 2 is 2.00 bits per heavy atom. The lowest BCUT2D eigenvalue weighted by molar-refractivity contribution is -0.0395. The number of hydrogen-bond donors (Lipinski definition) is 1. The number of alkyl halides is 2. The molecule has 0 saturated carbocycles. The van der Waals surface area contributed by atoms with Crippen LogP contribution >= 0.6 is 24.0 Å². The summed E-state index contributed by atoms with van der Waals surface area (Å²) in [7, 11) is 0. The van der Waals surface area contributed by atoms with E-state index in [-0.39, 0.29) is 49.0 Å². The van der Waals surface area contributed by atoms with E-state index in [0.717, 1.165) is 12.1 Å². The van der Waals surface area contributed by atoms with Crippen LogP contribution in [0.25, 0.3) is 11.0 Å². The summed E-state index contributed by atoms with van der Waals surface area (Å²) in [5.74, 6) is -4.31. The van der Waals surface area contributed by atoms with Crippen molar-refractivity contribution in [2.24, 2.45) is 5.73 Å². The van der Waals surface area contributed by atoms with Crippen LogP contribution in [0.4, 0.5) is 23.5 Å². The van der Waals surface area contributed by atoms with Gasteiger partial charge in [-0.15, -0.1) is 12.4 Å². The third-order valence-corrected chi connectivity index (χ3v) is 5.03. The number of aromatic nitrogens is 3. The van der Waals surface area contributed by atoms with Crippen molar-refractivity contribution in [3.05, 3.63) is 52.8 Å². The molecule has 0 radical (unpaired) electrons. The molecule has 2 aromatic heterocycles. The number of hydrogen-bond acceptors (Lipinski definition) is 4. The van der Waals surface area contributed by atoms with Gasteiger partial charge in [-0.05, 0) is 12.1 Å². The molecule has 0 spiro atoms. The van der Waals surface area contributed by atoms with Gasteiger partial charge in [0.05, 0.1) is 28.8 Å². The highest BCUT2D eigenvalue weighted by Gasteiger charge is 2.43. The van der Waals surface area contributed by atoms with E-state index in [1.54, 1.807) is 17.0 Å². The summed E-state index contributed by atoms with van der Waals surface area (Å²) in [5.41, 5.74) is 6.33. The van der Waals surface area contributed by atoms with E-state index in [0.29, 0.717) is 10.7 Å². The molecule has 0 unspecified atom stereocenters. The summed E-state index contributed by atoms with van der Waals surface area (Å²) in [5, 5.41) is 0.442. The van der Waals surface area contributed by atoms with Gasteiger partial charge in [0.1, 0.15) is 11.3 Å². The molecule has 0 amide bonds. The SMILES string of the molecule is Cl.N[C@@H]1CN(c2nc3cc(F)cc(F)c3n2Cc2ccc(Cl)cn2)CCC1(F)F. The highest BCUT2D eigenvalue weighted by molar-refractivity contribution is 6.30. The summed E-state index contributed by atoms with van der Waals surface area (Å²) in [6.07, 6.45) is 0.997. The summed E-state index contributed by atoms with van der Waals surface area (Å²) in [4.78, 5) is 10.1. The van der Waals surface area contributed by atoms with Crippen LogP contribution in [-0.2, 0) is 6.54 Å². The molecule has 1 aromatic carbocycles. The number of rotatable bonds is 3. The average Bonchev–Trinajstić information content (AvgIpc) is 2.97. The molecule has 3 heterocycles. The molecule has 0 bridgehead atoms. The number of piperidine rings is 1. The molecule has 5 nitrogen and oxygen atoms in total. The Hall–Kier alpha value is -2.10. The normalized spacial score (nSPS) is 18.7. The summed E-state index contributed by atoms with van der Waals surface area (Å²) < 4.78 is 57.3. The molecule has 1 aliphatic heterocycles. The largest absolute Gasteiger partial charge is 0.340 e. The molecule has 2 N–H and O–H groups in total. The smallest absolute Gasteiger partial charge is 0.266 e. The Bertz CT molecular complexity index is 1030. The second kappa shape index (κ2) is 7.97. The zero-order chi connectivity index (χ0) is 20.1. The van der Waals surface area contributed by atoms with Gasteiger partial charge in [0.25, 0.3) is 5.92 Å². The molecule has 156 valence electrons. The topological polar surface area (TPSA) is 60.0 Å². The second-order valence-electron chi connectivity index (χ2n) is 6.78. The number of pyridine rings is 1. The van der Waals surface area contributed by atoms with Gasteiger partial charge in [0.2, 0.25) is 5.95 Å². The van der Waals surface area contributed by atoms with Crippen molar-refractivity contribution in [3.8, 4) is 0 Å². The number of fused-ring (bicyclic) bond motifs is 1. The lowest BCUT2D eigenvalue weighted by atomic mass is 10.0. The number of halogens is 6. The van der Waals surface area contributed by atoms with Gasteiger partial charge in [0.15, 0.2) is 5.82 Å². The zero-order valence-corrected chi connectivity index (χ0v) is 16.5. The predicted molar refractivity (Wildman–Crippen MR) is 105 cm³/mol. The number of benzene rings is 1. The summed E-state index contributed by atoms with van der Waals surface area (Å²) in [6.45, 7) is -0.0652. The number of nitrogens with two attached hydrogens (primary N) is 1. The molecule has 0 aliphatic carbocycles. The minimum atomic E-state index is -2.98. The van der Waals surface area contributed by atoms with Crippen LogP contribution in [0.2, 0.25) is 5.02 Å². The maximum atomic E-state index is 14.5. The van der Waals surface area contributed by atoms with Crippen molar-refractivity contribution in [1.29, 1.82) is 0 Å². The molecule has 1 aliphatic rings. The van der Waals surface area contributed by atoms with E-state index in [1.807, 2.05) is 0 Å². The van der Waals surface area contributed by atoms with Crippen LogP contribution in [0, 0.1) is 11.6 Å². The van der Waals surface area contributed by atoms with Crippen LogP contribution in [0.5, 0.6) is 0 Å². The Balaban J connectivity index is 0.00000240. The fourth-order valence-corrected chi connectivity index (χ4v) is 3.45. The molecule has 3 aromatic rings. The lowest BCUT2D eigenvalue weighted by Crippen LogP contribution is -2.55. The average molecular weight is 450 g/mol. The Labute approximate surface area is 174 Å². The minimum absolute atomic E-state index is 0. The van der Waals surface area contributed by atoms with Gasteiger partial charge >= 0.3 is 0 Å². The van der Waals surface area contributed by atoms with Gasteiger partial charge in [-0.1, -0.05) is 11.6 Å². The Kier molecular flexibility index (Phi) is 5.93. The monoisotopic (exact) mass is 449 g/mol. The van der Waals surface area contributed by atoms with Gasteiger partial charge in [-0.2, -0.15) is 0 Å². The molecule has 1 saturated heterocycles. The van der Waals surface area contributed by atoms with Crippen molar-refractivity contribution < 1.29 is 17.6 Å². The summed E-state index contributed by atoms with van der Waals surface area (Å²) in [6, 6.07) is 3.78. The van der Waals surface area contributed by atoms with Crippen molar-refractivity contribution in [2.75, 3.05) is 18.0 Å². The van der Waals surface area contributed by atoms with Crippen LogP contribution in [-0.4, -0.2) is 39.6 Å². The van der Waals surface area contributed by atoms with Crippen molar-refractivity contribution in [2.45, 2.75) is 24.9 Å². The lowest BCUT2D eigenvalue weighted by Gasteiger charge is -2.37. The maximum Gasteiger partial charge on any atom is 0.266 e. The van der Waals surface area contributed by atoms with Crippen molar-refractivity contribution in [1.82, 2.24) is 14.5 Å². The second-order valence-corrected chi connectivity index (χ2v) is 7.22. The van der Waals surface area contributed by atoms with E-state index in [2.05, 4.69) is 9.97 Å². The first-order valence-corrected chi connectivity index (χ1v) is 8.96. The highest BCUT2D eigenvalue weighted by atomic mass is 35.5.